The van der Waals surface area contributed by atoms with Crippen LogP contribution in [0.5, 0.6) is 0 Å². The van der Waals surface area contributed by atoms with Crippen molar-refractivity contribution in [2.45, 2.75) is 13.3 Å². The van der Waals surface area contributed by atoms with E-state index in [0.717, 1.165) is 6.42 Å². The van der Waals surface area contributed by atoms with Gasteiger partial charge in [-0.2, -0.15) is 0 Å². The largest absolute Gasteiger partial charge is 0.436 e. The molecule has 0 fully saturated rings. The van der Waals surface area contributed by atoms with Crippen LogP contribution in [0.15, 0.2) is 0 Å². The van der Waals surface area contributed by atoms with Crippen molar-refractivity contribution in [1.82, 2.24) is 0 Å². The second-order valence-electron chi connectivity index (χ2n) is 1.96. The van der Waals surface area contributed by atoms with E-state index in [1.807, 2.05) is 6.92 Å². The molecule has 0 N–H and O–H groups in total. The Hall–Kier alpha value is -1.14. The molecule has 0 aliphatic rings. The van der Waals surface area contributed by atoms with Gasteiger partial charge in [0.05, 0.1) is 0 Å². The standard InChI is InChI=1S/C9H10OSi/c1-5-9-10-11(6-2,7-3)8-4/h2-4H,5,9H2,1H3. The first-order chi connectivity index (χ1) is 5.24. The maximum Gasteiger partial charge on any atom is 0.436 e. The van der Waals surface area contributed by atoms with E-state index >= 15 is 0 Å². The lowest BCUT2D eigenvalue weighted by Gasteiger charge is -2.11. The van der Waals surface area contributed by atoms with E-state index in [-0.39, 0.29) is 0 Å². The minimum absolute atomic E-state index is 0.546. The van der Waals surface area contributed by atoms with Crippen molar-refractivity contribution in [2.75, 3.05) is 6.61 Å². The molecule has 11 heavy (non-hydrogen) atoms. The number of terminal acetylenes is 3. The summed E-state index contributed by atoms with van der Waals surface area (Å²) < 4.78 is 5.26. The zero-order valence-corrected chi connectivity index (χ0v) is 7.55. The molecule has 0 heterocycles. The molecule has 0 aliphatic heterocycles. The zero-order valence-electron chi connectivity index (χ0n) is 6.55. The summed E-state index contributed by atoms with van der Waals surface area (Å²) in [5.41, 5.74) is 7.18. The van der Waals surface area contributed by atoms with Crippen LogP contribution in [0, 0.1) is 35.9 Å². The van der Waals surface area contributed by atoms with Crippen LogP contribution in [-0.4, -0.2) is 14.9 Å². The fourth-order valence-corrected chi connectivity index (χ4v) is 1.52. The predicted octanol–water partition coefficient (Wildman–Crippen LogP) is 0.876. The highest BCUT2D eigenvalue weighted by Crippen LogP contribution is 2.00. The third-order valence-corrected chi connectivity index (χ3v) is 2.99. The van der Waals surface area contributed by atoms with Crippen LogP contribution in [0.3, 0.4) is 0 Å². The summed E-state index contributed by atoms with van der Waals surface area (Å²) in [5, 5.41) is 0. The van der Waals surface area contributed by atoms with Gasteiger partial charge < -0.3 is 4.43 Å². The van der Waals surface area contributed by atoms with Gasteiger partial charge >= 0.3 is 8.32 Å². The third kappa shape index (κ3) is 2.52. The van der Waals surface area contributed by atoms with Crippen molar-refractivity contribution in [2.24, 2.45) is 0 Å². The first-order valence-corrected chi connectivity index (χ1v) is 5.22. The molecule has 0 saturated carbocycles. The highest BCUT2D eigenvalue weighted by atomic mass is 28.4. The summed E-state index contributed by atoms with van der Waals surface area (Å²) in [7, 11) is -2.66. The van der Waals surface area contributed by atoms with Crippen LogP contribution >= 0.6 is 0 Å². The average Bonchev–Trinajstić information content (AvgIpc) is 2.08. The monoisotopic (exact) mass is 162 g/mol. The van der Waals surface area contributed by atoms with E-state index in [0.29, 0.717) is 6.61 Å². The minimum atomic E-state index is -2.66. The molecule has 0 amide bonds. The molecule has 0 radical (unpaired) electrons. The number of hydrogen-bond donors (Lipinski definition) is 0. The molecule has 0 atom stereocenters. The van der Waals surface area contributed by atoms with Crippen LogP contribution in [0.1, 0.15) is 13.3 Å². The van der Waals surface area contributed by atoms with Gasteiger partial charge in [-0.25, -0.2) is 0 Å². The van der Waals surface area contributed by atoms with Gasteiger partial charge in [-0.05, 0) is 6.42 Å². The second-order valence-corrected chi connectivity index (χ2v) is 4.48. The van der Waals surface area contributed by atoms with Crippen molar-refractivity contribution in [1.29, 1.82) is 0 Å². The minimum Gasteiger partial charge on any atom is -0.388 e. The van der Waals surface area contributed by atoms with E-state index in [4.69, 9.17) is 23.7 Å². The molecular weight excluding hydrogens is 152 g/mol. The Morgan fingerprint density at radius 2 is 1.64 bits per heavy atom. The molecular formula is C9H10OSi. The van der Waals surface area contributed by atoms with E-state index < -0.39 is 8.32 Å². The Morgan fingerprint density at radius 1 is 1.18 bits per heavy atom. The van der Waals surface area contributed by atoms with Crippen molar-refractivity contribution in [3.63, 3.8) is 0 Å². The summed E-state index contributed by atoms with van der Waals surface area (Å²) in [6, 6.07) is 0. The van der Waals surface area contributed by atoms with Crippen LogP contribution in [0.25, 0.3) is 0 Å². The fraction of sp³-hybridized carbons (Fsp3) is 0.333. The molecule has 0 aliphatic carbocycles. The van der Waals surface area contributed by atoms with Crippen LogP contribution in [0.2, 0.25) is 0 Å². The Morgan fingerprint density at radius 3 is 1.91 bits per heavy atom. The normalized spacial score (nSPS) is 9.27. The Balaban J connectivity index is 4.28. The molecule has 0 unspecified atom stereocenters. The van der Waals surface area contributed by atoms with Crippen molar-refractivity contribution in [3.8, 4) is 35.9 Å². The molecule has 0 spiro atoms. The Kier molecular flexibility index (Phi) is 4.16. The molecule has 2 heteroatoms. The second kappa shape index (κ2) is 4.64. The lowest BCUT2D eigenvalue weighted by molar-refractivity contribution is 0.325. The van der Waals surface area contributed by atoms with Gasteiger partial charge in [-0.15, -0.1) is 19.3 Å². The topological polar surface area (TPSA) is 9.23 Å². The quantitative estimate of drug-likeness (QED) is 0.442. The van der Waals surface area contributed by atoms with Gasteiger partial charge in [0.2, 0.25) is 0 Å². The SMILES string of the molecule is C#C[Si](C#C)(C#C)OCCC. The fourth-order valence-electron chi connectivity index (χ4n) is 0.505. The summed E-state index contributed by atoms with van der Waals surface area (Å²) in [5.74, 6) is 0. The van der Waals surface area contributed by atoms with Crippen molar-refractivity contribution in [3.05, 3.63) is 0 Å². The number of hydrogen-bond acceptors (Lipinski definition) is 1. The van der Waals surface area contributed by atoms with Gasteiger partial charge in [-0.3, -0.25) is 0 Å². The molecule has 0 rings (SSSR count). The van der Waals surface area contributed by atoms with Gasteiger partial charge in [0.25, 0.3) is 0 Å². The van der Waals surface area contributed by atoms with Gasteiger partial charge in [0.1, 0.15) is 0 Å². The molecule has 0 aromatic rings. The predicted molar refractivity (Wildman–Crippen MR) is 48.5 cm³/mol. The summed E-state index contributed by atoms with van der Waals surface area (Å²) >= 11 is 0. The first-order valence-electron chi connectivity index (χ1n) is 3.32. The van der Waals surface area contributed by atoms with Gasteiger partial charge in [-0.1, -0.05) is 23.6 Å². The highest BCUT2D eigenvalue weighted by molar-refractivity contribution is 6.95. The summed E-state index contributed by atoms with van der Waals surface area (Å²) in [6.45, 7) is 2.52. The molecule has 56 valence electrons. The summed E-state index contributed by atoms with van der Waals surface area (Å²) in [4.78, 5) is 0. The van der Waals surface area contributed by atoms with Gasteiger partial charge in [0.15, 0.2) is 0 Å². The maximum absolute atomic E-state index is 5.26. The van der Waals surface area contributed by atoms with E-state index in [1.165, 1.54) is 0 Å². The van der Waals surface area contributed by atoms with Crippen LogP contribution in [-0.2, 0) is 4.43 Å². The molecule has 0 aromatic heterocycles. The molecule has 1 nitrogen and oxygen atoms in total. The van der Waals surface area contributed by atoms with Crippen molar-refractivity contribution < 1.29 is 4.43 Å². The average molecular weight is 162 g/mol. The van der Waals surface area contributed by atoms with E-state index in [9.17, 15) is 0 Å². The van der Waals surface area contributed by atoms with Crippen LogP contribution in [0.4, 0.5) is 0 Å². The number of rotatable bonds is 3. The van der Waals surface area contributed by atoms with Crippen molar-refractivity contribution >= 4 is 8.32 Å². The smallest absolute Gasteiger partial charge is 0.388 e. The zero-order chi connectivity index (χ0) is 8.74. The van der Waals surface area contributed by atoms with Gasteiger partial charge in [0, 0.05) is 6.61 Å². The summed E-state index contributed by atoms with van der Waals surface area (Å²) in [6.07, 6.45) is 16.4. The lowest BCUT2D eigenvalue weighted by Crippen LogP contribution is -2.34. The third-order valence-electron chi connectivity index (χ3n) is 1.13. The first kappa shape index (κ1) is 9.86. The Bertz CT molecular complexity index is 200. The Labute approximate surface area is 69.3 Å². The molecule has 0 saturated heterocycles. The van der Waals surface area contributed by atoms with E-state index in [2.05, 4.69) is 16.6 Å². The lowest BCUT2D eigenvalue weighted by atomic mass is 10.5. The highest BCUT2D eigenvalue weighted by Gasteiger charge is 2.28. The molecule has 0 bridgehead atoms. The maximum atomic E-state index is 5.26. The van der Waals surface area contributed by atoms with E-state index in [1.54, 1.807) is 0 Å². The van der Waals surface area contributed by atoms with Crippen LogP contribution < -0.4 is 0 Å². The molecule has 0 aromatic carbocycles.